The van der Waals surface area contributed by atoms with Gasteiger partial charge in [0.1, 0.15) is 0 Å². The molecular weight excluding hydrogens is 192 g/mol. The number of nitrogens with zero attached hydrogens (tertiary/aromatic N) is 3. The van der Waals surface area contributed by atoms with Gasteiger partial charge in [-0.1, -0.05) is 0 Å². The number of aryl methyl sites for hydroxylation is 2. The largest absolute Gasteiger partial charge is 0.441 e. The molecule has 2 N–H and O–H groups in total. The Balaban J connectivity index is 2.13. The van der Waals surface area contributed by atoms with Gasteiger partial charge in [0.05, 0.1) is 18.0 Å². The van der Waals surface area contributed by atoms with Crippen LogP contribution >= 0.6 is 0 Å². The average molecular weight is 206 g/mol. The minimum absolute atomic E-state index is 0.657. The summed E-state index contributed by atoms with van der Waals surface area (Å²) in [7, 11) is 1.87. The lowest BCUT2D eigenvalue weighted by atomic mass is 10.3. The summed E-state index contributed by atoms with van der Waals surface area (Å²) in [4.78, 5) is 4.18. The van der Waals surface area contributed by atoms with Crippen LogP contribution in [0.1, 0.15) is 12.3 Å². The van der Waals surface area contributed by atoms with Crippen LogP contribution in [0.3, 0.4) is 0 Å². The third kappa shape index (κ3) is 2.24. The van der Waals surface area contributed by atoms with E-state index < -0.39 is 0 Å². The van der Waals surface area contributed by atoms with Crippen LogP contribution in [-0.2, 0) is 13.5 Å². The topological polar surface area (TPSA) is 69.9 Å². The van der Waals surface area contributed by atoms with Crippen LogP contribution in [0.25, 0.3) is 11.3 Å². The average Bonchev–Trinajstić information content (AvgIpc) is 2.83. The van der Waals surface area contributed by atoms with Crippen molar-refractivity contribution >= 4 is 0 Å². The van der Waals surface area contributed by atoms with Gasteiger partial charge in [-0.05, 0) is 13.0 Å². The number of oxazole rings is 1. The first kappa shape index (κ1) is 9.92. The molecule has 2 rings (SSSR count). The van der Waals surface area contributed by atoms with E-state index in [1.54, 1.807) is 17.1 Å². The van der Waals surface area contributed by atoms with E-state index in [-0.39, 0.29) is 0 Å². The Hall–Kier alpha value is -1.62. The van der Waals surface area contributed by atoms with E-state index in [2.05, 4.69) is 10.1 Å². The fraction of sp³-hybridized carbons (Fsp3) is 0.400. The lowest BCUT2D eigenvalue weighted by Gasteiger charge is -1.91. The predicted molar refractivity (Wildman–Crippen MR) is 56.1 cm³/mol. The maximum atomic E-state index is 5.57. The molecule has 0 atom stereocenters. The molecule has 0 saturated carbocycles. The van der Waals surface area contributed by atoms with Gasteiger partial charge in [-0.3, -0.25) is 4.68 Å². The molecule has 0 aliphatic carbocycles. The number of nitrogens with two attached hydrogens (primary N) is 1. The van der Waals surface area contributed by atoms with Crippen molar-refractivity contribution in [3.05, 3.63) is 24.5 Å². The molecule has 80 valence electrons. The smallest absolute Gasteiger partial charge is 0.194 e. The Morgan fingerprint density at radius 3 is 3.00 bits per heavy atom. The van der Waals surface area contributed by atoms with Crippen molar-refractivity contribution in [1.82, 2.24) is 14.8 Å². The maximum Gasteiger partial charge on any atom is 0.194 e. The van der Waals surface area contributed by atoms with Gasteiger partial charge in [0.15, 0.2) is 11.7 Å². The van der Waals surface area contributed by atoms with Gasteiger partial charge in [-0.15, -0.1) is 0 Å². The highest BCUT2D eigenvalue weighted by Gasteiger charge is 2.07. The molecule has 0 spiro atoms. The molecule has 5 nitrogen and oxygen atoms in total. The van der Waals surface area contributed by atoms with Crippen LogP contribution in [0.4, 0.5) is 0 Å². The first-order valence-corrected chi connectivity index (χ1v) is 4.93. The zero-order valence-electron chi connectivity index (χ0n) is 8.68. The Kier molecular flexibility index (Phi) is 2.82. The second-order valence-corrected chi connectivity index (χ2v) is 3.41. The van der Waals surface area contributed by atoms with Crippen LogP contribution in [-0.4, -0.2) is 21.3 Å². The van der Waals surface area contributed by atoms with Crippen molar-refractivity contribution in [1.29, 1.82) is 0 Å². The highest BCUT2D eigenvalue weighted by molar-refractivity contribution is 5.53. The van der Waals surface area contributed by atoms with Crippen LogP contribution in [0, 0.1) is 0 Å². The SMILES string of the molecule is Cn1cc(-c2cnc(CCCN)o2)cn1. The second kappa shape index (κ2) is 4.27. The molecule has 0 saturated heterocycles. The van der Waals surface area contributed by atoms with Gasteiger partial charge in [0.25, 0.3) is 0 Å². The molecule has 0 radical (unpaired) electrons. The van der Waals surface area contributed by atoms with Gasteiger partial charge in [-0.25, -0.2) is 4.98 Å². The van der Waals surface area contributed by atoms with Crippen molar-refractivity contribution in [3.63, 3.8) is 0 Å². The molecule has 0 aliphatic heterocycles. The summed E-state index contributed by atoms with van der Waals surface area (Å²) < 4.78 is 7.30. The van der Waals surface area contributed by atoms with Crippen molar-refractivity contribution in [2.45, 2.75) is 12.8 Å². The van der Waals surface area contributed by atoms with E-state index in [9.17, 15) is 0 Å². The number of aromatic nitrogens is 3. The Morgan fingerprint density at radius 1 is 1.47 bits per heavy atom. The van der Waals surface area contributed by atoms with Crippen LogP contribution in [0.5, 0.6) is 0 Å². The van der Waals surface area contributed by atoms with E-state index in [0.29, 0.717) is 6.54 Å². The first-order valence-electron chi connectivity index (χ1n) is 4.93. The Morgan fingerprint density at radius 2 is 2.33 bits per heavy atom. The Labute approximate surface area is 87.9 Å². The van der Waals surface area contributed by atoms with Crippen LogP contribution in [0.15, 0.2) is 23.0 Å². The molecular formula is C10H14N4O. The van der Waals surface area contributed by atoms with Gasteiger partial charge in [0, 0.05) is 19.7 Å². The van der Waals surface area contributed by atoms with Crippen molar-refractivity contribution in [2.75, 3.05) is 6.54 Å². The van der Waals surface area contributed by atoms with Crippen molar-refractivity contribution < 1.29 is 4.42 Å². The molecule has 5 heteroatoms. The number of hydrogen-bond donors (Lipinski definition) is 1. The van der Waals surface area contributed by atoms with Crippen molar-refractivity contribution in [3.8, 4) is 11.3 Å². The fourth-order valence-corrected chi connectivity index (χ4v) is 1.36. The molecule has 0 fully saturated rings. The zero-order chi connectivity index (χ0) is 10.7. The molecule has 2 heterocycles. The zero-order valence-corrected chi connectivity index (χ0v) is 8.68. The summed E-state index contributed by atoms with van der Waals surface area (Å²) in [6.45, 7) is 0.657. The molecule has 2 aromatic heterocycles. The molecule has 0 amide bonds. The normalized spacial score (nSPS) is 10.8. The molecule has 2 aromatic rings. The summed E-state index contributed by atoms with van der Waals surface area (Å²) in [6, 6.07) is 0. The van der Waals surface area contributed by atoms with Gasteiger partial charge in [0.2, 0.25) is 0 Å². The summed E-state index contributed by atoms with van der Waals surface area (Å²) >= 11 is 0. The summed E-state index contributed by atoms with van der Waals surface area (Å²) in [5.41, 5.74) is 6.36. The molecule has 0 aromatic carbocycles. The molecule has 0 aliphatic rings. The van der Waals surface area contributed by atoms with E-state index in [0.717, 1.165) is 30.1 Å². The van der Waals surface area contributed by atoms with E-state index in [1.807, 2.05) is 13.2 Å². The first-order chi connectivity index (χ1) is 7.29. The monoisotopic (exact) mass is 206 g/mol. The Bertz CT molecular complexity index is 432. The fourth-order valence-electron chi connectivity index (χ4n) is 1.36. The summed E-state index contributed by atoms with van der Waals surface area (Å²) in [5, 5.41) is 4.07. The van der Waals surface area contributed by atoms with E-state index in [4.69, 9.17) is 10.2 Å². The third-order valence-electron chi connectivity index (χ3n) is 2.14. The standard InChI is InChI=1S/C10H14N4O/c1-14-7-8(5-13-14)9-6-12-10(15-9)3-2-4-11/h5-7H,2-4,11H2,1H3. The predicted octanol–water partition coefficient (Wildman–Crippen LogP) is 0.966. The van der Waals surface area contributed by atoms with Crippen LogP contribution in [0.2, 0.25) is 0 Å². The quantitative estimate of drug-likeness (QED) is 0.809. The summed E-state index contributed by atoms with van der Waals surface area (Å²) in [5.74, 6) is 1.49. The van der Waals surface area contributed by atoms with E-state index in [1.165, 1.54) is 0 Å². The van der Waals surface area contributed by atoms with Gasteiger partial charge < -0.3 is 10.2 Å². The van der Waals surface area contributed by atoms with Gasteiger partial charge >= 0.3 is 0 Å². The van der Waals surface area contributed by atoms with Crippen LogP contribution < -0.4 is 5.73 Å². The number of rotatable bonds is 4. The van der Waals surface area contributed by atoms with Gasteiger partial charge in [-0.2, -0.15) is 5.10 Å². The lowest BCUT2D eigenvalue weighted by molar-refractivity contribution is 0.499. The highest BCUT2D eigenvalue weighted by Crippen LogP contribution is 2.19. The van der Waals surface area contributed by atoms with Crippen molar-refractivity contribution in [2.24, 2.45) is 12.8 Å². The second-order valence-electron chi connectivity index (χ2n) is 3.41. The molecule has 0 unspecified atom stereocenters. The molecule has 15 heavy (non-hydrogen) atoms. The molecule has 0 bridgehead atoms. The summed E-state index contributed by atoms with van der Waals surface area (Å²) in [6.07, 6.45) is 7.06. The van der Waals surface area contributed by atoms with E-state index >= 15 is 0 Å². The minimum Gasteiger partial charge on any atom is -0.441 e. The lowest BCUT2D eigenvalue weighted by Crippen LogP contribution is -2.00. The number of hydrogen-bond acceptors (Lipinski definition) is 4. The third-order valence-corrected chi connectivity index (χ3v) is 2.14. The maximum absolute atomic E-state index is 5.57. The minimum atomic E-state index is 0.657. The highest BCUT2D eigenvalue weighted by atomic mass is 16.4.